The quantitative estimate of drug-likeness (QED) is 0.853. The van der Waals surface area contributed by atoms with Gasteiger partial charge in [-0.25, -0.2) is 0 Å². The smallest absolute Gasteiger partial charge is 0.184 e. The van der Waals surface area contributed by atoms with E-state index in [2.05, 4.69) is 30.3 Å². The largest absolute Gasteiger partial charge is 0.389 e. The molecule has 0 saturated carbocycles. The number of nitrogens with zero attached hydrogens (tertiary/aromatic N) is 1. The average Bonchev–Trinajstić information content (AvgIpc) is 2.88. The van der Waals surface area contributed by atoms with Gasteiger partial charge < -0.3 is 14.3 Å². The van der Waals surface area contributed by atoms with E-state index < -0.39 is 0 Å². The van der Waals surface area contributed by atoms with E-state index in [1.165, 1.54) is 5.56 Å². The molecule has 4 nitrogen and oxygen atoms in total. The van der Waals surface area contributed by atoms with Gasteiger partial charge in [-0.05, 0) is 18.1 Å². The predicted octanol–water partition coefficient (Wildman–Crippen LogP) is 3.46. The van der Waals surface area contributed by atoms with Crippen LogP contribution in [0, 0.1) is 12.8 Å². The molecular formula is C19H19NO3. The molecule has 1 fully saturated rings. The van der Waals surface area contributed by atoms with Crippen LogP contribution in [-0.2, 0) is 14.3 Å². The maximum absolute atomic E-state index is 6.05. The highest BCUT2D eigenvalue weighted by Gasteiger charge is 2.39. The van der Waals surface area contributed by atoms with Crippen LogP contribution in [0.2, 0.25) is 0 Å². The average molecular weight is 309 g/mol. The Balaban J connectivity index is 1.54. The van der Waals surface area contributed by atoms with Gasteiger partial charge in [-0.15, -0.1) is 0 Å². The summed E-state index contributed by atoms with van der Waals surface area (Å²) in [4.78, 5) is 5.60. The van der Waals surface area contributed by atoms with Crippen LogP contribution in [0.3, 0.4) is 0 Å². The molecule has 0 amide bonds. The first-order valence-electron chi connectivity index (χ1n) is 7.91. The second-order valence-corrected chi connectivity index (χ2v) is 5.95. The van der Waals surface area contributed by atoms with Crippen LogP contribution >= 0.6 is 0 Å². The Morgan fingerprint density at radius 1 is 0.913 bits per heavy atom. The number of aryl methyl sites for hydroxylation is 1. The van der Waals surface area contributed by atoms with Crippen molar-refractivity contribution in [3.05, 3.63) is 71.3 Å². The van der Waals surface area contributed by atoms with Gasteiger partial charge in [0.05, 0.1) is 24.8 Å². The molecule has 0 unspecified atom stereocenters. The second kappa shape index (κ2) is 6.14. The van der Waals surface area contributed by atoms with Gasteiger partial charge in [-0.1, -0.05) is 59.8 Å². The van der Waals surface area contributed by atoms with Gasteiger partial charge in [0.15, 0.2) is 12.4 Å². The Hall–Kier alpha value is -2.17. The molecule has 1 saturated heterocycles. The summed E-state index contributed by atoms with van der Waals surface area (Å²) in [7, 11) is 0. The third-order valence-electron chi connectivity index (χ3n) is 4.44. The van der Waals surface area contributed by atoms with Gasteiger partial charge in [0.1, 0.15) is 0 Å². The Kier molecular flexibility index (Phi) is 3.85. The van der Waals surface area contributed by atoms with Crippen LogP contribution in [0.4, 0.5) is 0 Å². The van der Waals surface area contributed by atoms with Crippen LogP contribution in [0.15, 0.2) is 59.8 Å². The van der Waals surface area contributed by atoms with Gasteiger partial charge in [0, 0.05) is 5.56 Å². The molecule has 118 valence electrons. The molecule has 0 radical (unpaired) electrons. The van der Waals surface area contributed by atoms with Crippen LogP contribution in [0.5, 0.6) is 0 Å². The van der Waals surface area contributed by atoms with Gasteiger partial charge >= 0.3 is 0 Å². The third kappa shape index (κ3) is 2.76. The SMILES string of the molecule is Cc1ccccc1[C@H]1OC[C@@H]2C(c3ccccc3)=NO[C@@H]2CO1. The van der Waals surface area contributed by atoms with Gasteiger partial charge in [0.25, 0.3) is 0 Å². The highest BCUT2D eigenvalue weighted by molar-refractivity contribution is 6.03. The first-order valence-corrected chi connectivity index (χ1v) is 7.91. The lowest BCUT2D eigenvalue weighted by Gasteiger charge is -2.18. The summed E-state index contributed by atoms with van der Waals surface area (Å²) in [5.41, 5.74) is 4.27. The summed E-state index contributed by atoms with van der Waals surface area (Å²) in [5, 5.41) is 4.26. The maximum Gasteiger partial charge on any atom is 0.184 e. The molecule has 0 bridgehead atoms. The second-order valence-electron chi connectivity index (χ2n) is 5.95. The third-order valence-corrected chi connectivity index (χ3v) is 4.44. The highest BCUT2D eigenvalue weighted by atomic mass is 16.7. The lowest BCUT2D eigenvalue weighted by Crippen LogP contribution is -2.29. The first kappa shape index (κ1) is 14.4. The minimum Gasteiger partial charge on any atom is -0.389 e. The number of benzene rings is 2. The van der Waals surface area contributed by atoms with Crippen molar-refractivity contribution < 1.29 is 14.3 Å². The summed E-state index contributed by atoms with van der Waals surface area (Å²) >= 11 is 0. The molecule has 0 spiro atoms. The molecule has 3 atom stereocenters. The molecule has 23 heavy (non-hydrogen) atoms. The molecule has 2 aliphatic rings. The summed E-state index contributed by atoms with van der Waals surface area (Å²) in [6.45, 7) is 3.09. The Morgan fingerprint density at radius 3 is 2.48 bits per heavy atom. The number of hydrogen-bond donors (Lipinski definition) is 0. The summed E-state index contributed by atoms with van der Waals surface area (Å²) in [5.74, 6) is 0.103. The van der Waals surface area contributed by atoms with E-state index in [1.54, 1.807) is 0 Å². The molecule has 0 N–H and O–H groups in total. The topological polar surface area (TPSA) is 40.0 Å². The normalized spacial score (nSPS) is 26.8. The predicted molar refractivity (Wildman–Crippen MR) is 87.2 cm³/mol. The van der Waals surface area contributed by atoms with Gasteiger partial charge in [-0.3, -0.25) is 0 Å². The van der Waals surface area contributed by atoms with Crippen molar-refractivity contribution in [3.63, 3.8) is 0 Å². The molecule has 2 aromatic carbocycles. The summed E-state index contributed by atoms with van der Waals surface area (Å²) in [6, 6.07) is 18.3. The summed E-state index contributed by atoms with van der Waals surface area (Å²) < 4.78 is 12.0. The standard InChI is InChI=1S/C19H19NO3/c1-13-7-5-6-10-15(13)19-21-11-16-17(12-22-19)23-20-18(16)14-8-3-2-4-9-14/h2-10,16-17,19H,11-12H2,1H3/t16-,17+,19-/m0/s1. The molecule has 4 rings (SSSR count). The molecule has 2 aliphatic heterocycles. The van der Waals surface area contributed by atoms with Crippen molar-refractivity contribution in [3.8, 4) is 0 Å². The molecule has 2 aromatic rings. The first-order chi connectivity index (χ1) is 11.3. The van der Waals surface area contributed by atoms with Crippen LogP contribution in [0.1, 0.15) is 23.0 Å². The van der Waals surface area contributed by atoms with Gasteiger partial charge in [0.2, 0.25) is 0 Å². The summed E-state index contributed by atoms with van der Waals surface area (Å²) in [6.07, 6.45) is -0.429. The maximum atomic E-state index is 6.05. The van der Waals surface area contributed by atoms with E-state index in [4.69, 9.17) is 14.3 Å². The van der Waals surface area contributed by atoms with Crippen LogP contribution < -0.4 is 0 Å². The zero-order valence-corrected chi connectivity index (χ0v) is 13.0. The van der Waals surface area contributed by atoms with E-state index in [1.807, 2.05) is 36.4 Å². The minimum absolute atomic E-state index is 0.0841. The van der Waals surface area contributed by atoms with Crippen LogP contribution in [-0.4, -0.2) is 25.0 Å². The fourth-order valence-electron chi connectivity index (χ4n) is 3.10. The van der Waals surface area contributed by atoms with E-state index in [0.29, 0.717) is 13.2 Å². The van der Waals surface area contributed by atoms with Crippen molar-refractivity contribution in [2.24, 2.45) is 11.1 Å². The monoisotopic (exact) mass is 309 g/mol. The highest BCUT2D eigenvalue weighted by Crippen LogP contribution is 2.32. The van der Waals surface area contributed by atoms with Crippen molar-refractivity contribution in [1.29, 1.82) is 0 Å². The Morgan fingerprint density at radius 2 is 1.65 bits per heavy atom. The van der Waals surface area contributed by atoms with E-state index >= 15 is 0 Å². The minimum atomic E-state index is -0.345. The van der Waals surface area contributed by atoms with Crippen LogP contribution in [0.25, 0.3) is 0 Å². The number of oxime groups is 1. The molecule has 0 aliphatic carbocycles. The van der Waals surface area contributed by atoms with Gasteiger partial charge in [-0.2, -0.15) is 0 Å². The number of hydrogen-bond acceptors (Lipinski definition) is 4. The lowest BCUT2D eigenvalue weighted by molar-refractivity contribution is -0.139. The van der Waals surface area contributed by atoms with Crippen molar-refractivity contribution in [2.45, 2.75) is 19.3 Å². The van der Waals surface area contributed by atoms with Crippen molar-refractivity contribution >= 4 is 5.71 Å². The molecule has 0 aromatic heterocycles. The fourth-order valence-corrected chi connectivity index (χ4v) is 3.10. The van der Waals surface area contributed by atoms with E-state index in [0.717, 1.165) is 16.8 Å². The zero-order chi connectivity index (χ0) is 15.6. The number of rotatable bonds is 2. The van der Waals surface area contributed by atoms with Crippen molar-refractivity contribution in [1.82, 2.24) is 0 Å². The van der Waals surface area contributed by atoms with E-state index in [-0.39, 0.29) is 18.3 Å². The molecule has 2 heterocycles. The Labute approximate surface area is 135 Å². The van der Waals surface area contributed by atoms with E-state index in [9.17, 15) is 0 Å². The zero-order valence-electron chi connectivity index (χ0n) is 13.0. The fraction of sp³-hybridized carbons (Fsp3) is 0.316. The Bertz CT molecular complexity index is 714. The molecular weight excluding hydrogens is 290 g/mol. The molecule has 4 heteroatoms. The number of ether oxygens (including phenoxy) is 2. The van der Waals surface area contributed by atoms with Crippen molar-refractivity contribution in [2.75, 3.05) is 13.2 Å². The number of fused-ring (bicyclic) bond motifs is 1. The lowest BCUT2D eigenvalue weighted by atomic mass is 9.93.